The van der Waals surface area contributed by atoms with E-state index in [4.69, 9.17) is 4.74 Å². The number of unbranched alkanes of at least 4 members (excludes halogenated alkanes) is 1. The number of fused-ring (bicyclic) bond motifs is 2. The fourth-order valence-corrected chi connectivity index (χ4v) is 2.98. The van der Waals surface area contributed by atoms with Gasteiger partial charge in [0, 0.05) is 6.04 Å². The van der Waals surface area contributed by atoms with Gasteiger partial charge in [0.2, 0.25) is 0 Å². The van der Waals surface area contributed by atoms with Crippen LogP contribution < -0.4 is 0 Å². The van der Waals surface area contributed by atoms with Gasteiger partial charge in [0.15, 0.2) is 0 Å². The first-order valence-corrected chi connectivity index (χ1v) is 6.92. The first-order chi connectivity index (χ1) is 8.65. The van der Waals surface area contributed by atoms with Gasteiger partial charge in [0.25, 0.3) is 0 Å². The lowest BCUT2D eigenvalue weighted by Crippen LogP contribution is -2.61. The van der Waals surface area contributed by atoms with Crippen molar-refractivity contribution in [2.24, 2.45) is 0 Å². The van der Waals surface area contributed by atoms with E-state index in [2.05, 4.69) is 0 Å². The van der Waals surface area contributed by atoms with E-state index in [1.165, 1.54) is 4.90 Å². The monoisotopic (exact) mass is 259 g/mol. The highest BCUT2D eigenvalue weighted by Crippen LogP contribution is 2.36. The Morgan fingerprint density at radius 1 is 1.50 bits per heavy atom. The molecule has 0 unspecified atom stereocenters. The molecule has 5 heteroatoms. The third-order valence-electron chi connectivity index (χ3n) is 3.97. The Morgan fingerprint density at radius 2 is 2.28 bits per heavy atom. The Morgan fingerprint density at radius 3 is 3.00 bits per heavy atom. The quantitative estimate of drug-likeness (QED) is 0.791. The average molecular weight is 259 g/mol. The van der Waals surface area contributed by atoms with Crippen molar-refractivity contribution in [2.45, 2.75) is 69.8 Å². The number of hydrogen-bond acceptors (Lipinski definition) is 3. The number of carbonyl (C=O) groups is 1. The van der Waals surface area contributed by atoms with E-state index in [9.17, 15) is 14.3 Å². The number of halogens is 1. The topological polar surface area (TPSA) is 49.8 Å². The van der Waals surface area contributed by atoms with Crippen LogP contribution in [0.2, 0.25) is 0 Å². The second kappa shape index (κ2) is 5.87. The zero-order valence-corrected chi connectivity index (χ0v) is 10.8. The minimum atomic E-state index is -1.33. The van der Waals surface area contributed by atoms with Crippen molar-refractivity contribution in [2.75, 3.05) is 6.61 Å². The molecule has 0 saturated carbocycles. The molecule has 104 valence electrons. The van der Waals surface area contributed by atoms with Gasteiger partial charge in [-0.25, -0.2) is 9.18 Å². The molecule has 0 radical (unpaired) electrons. The zero-order valence-electron chi connectivity index (χ0n) is 10.8. The van der Waals surface area contributed by atoms with Crippen molar-refractivity contribution in [3.8, 4) is 0 Å². The third-order valence-corrected chi connectivity index (χ3v) is 3.97. The van der Waals surface area contributed by atoms with Gasteiger partial charge < -0.3 is 9.84 Å². The van der Waals surface area contributed by atoms with Gasteiger partial charge >= 0.3 is 6.09 Å². The molecule has 4 atom stereocenters. The maximum absolute atomic E-state index is 13.9. The lowest BCUT2D eigenvalue weighted by atomic mass is 9.82. The van der Waals surface area contributed by atoms with Crippen molar-refractivity contribution < 1.29 is 19.0 Å². The van der Waals surface area contributed by atoms with Crippen molar-refractivity contribution >= 4 is 6.09 Å². The summed E-state index contributed by atoms with van der Waals surface area (Å²) in [6.07, 6.45) is 1.83. The van der Waals surface area contributed by atoms with Crippen molar-refractivity contribution in [3.63, 3.8) is 0 Å². The summed E-state index contributed by atoms with van der Waals surface area (Å²) in [5.41, 5.74) is 0. The summed E-state index contributed by atoms with van der Waals surface area (Å²) < 4.78 is 19.1. The molecule has 2 rings (SSSR count). The van der Waals surface area contributed by atoms with Crippen LogP contribution in [0, 0.1) is 0 Å². The van der Waals surface area contributed by atoms with Crippen LogP contribution in [0.4, 0.5) is 9.18 Å². The number of ether oxygens (including phenoxy) is 1. The molecule has 18 heavy (non-hydrogen) atoms. The van der Waals surface area contributed by atoms with Crippen LogP contribution in [-0.2, 0) is 4.74 Å². The minimum absolute atomic E-state index is 0.0557. The smallest absolute Gasteiger partial charge is 0.410 e. The molecule has 0 spiro atoms. The van der Waals surface area contributed by atoms with E-state index < -0.39 is 24.4 Å². The second-order valence-electron chi connectivity index (χ2n) is 5.27. The van der Waals surface area contributed by atoms with E-state index in [1.807, 2.05) is 6.92 Å². The van der Waals surface area contributed by atoms with Gasteiger partial charge in [-0.2, -0.15) is 0 Å². The number of hydrogen-bond donors (Lipinski definition) is 1. The first-order valence-electron chi connectivity index (χ1n) is 6.92. The number of amides is 1. The summed E-state index contributed by atoms with van der Waals surface area (Å²) in [7, 11) is 0. The van der Waals surface area contributed by atoms with E-state index >= 15 is 0 Å². The number of carbonyl (C=O) groups excluding carboxylic acids is 1. The SMILES string of the molecule is CCCCOC(=O)N1[C@@H]2CCC[C@H]1[C@H](F)[C@@H](O)C2. The first kappa shape index (κ1) is 13.6. The van der Waals surface area contributed by atoms with Gasteiger partial charge in [0.1, 0.15) is 6.17 Å². The Balaban J connectivity index is 2.00. The highest BCUT2D eigenvalue weighted by Gasteiger charge is 2.47. The summed E-state index contributed by atoms with van der Waals surface area (Å²) in [5, 5.41) is 9.64. The molecule has 2 bridgehead atoms. The summed E-state index contributed by atoms with van der Waals surface area (Å²) in [5.74, 6) is 0. The number of aliphatic hydroxyl groups excluding tert-OH is 1. The largest absolute Gasteiger partial charge is 0.449 e. The molecule has 4 nitrogen and oxygen atoms in total. The highest BCUT2D eigenvalue weighted by atomic mass is 19.1. The Bertz CT molecular complexity index is 300. The van der Waals surface area contributed by atoms with Gasteiger partial charge in [-0.05, 0) is 32.1 Å². The standard InChI is InChI=1S/C13H22FNO3/c1-2-3-7-18-13(17)15-9-5-4-6-10(15)12(14)11(16)8-9/h9-12,16H,2-8H2,1H3/t9-,10+,11+,12+/m1/s1. The number of nitrogens with zero attached hydrogens (tertiary/aromatic N) is 1. The molecule has 2 heterocycles. The fraction of sp³-hybridized carbons (Fsp3) is 0.923. The molecule has 2 saturated heterocycles. The predicted molar refractivity (Wildman–Crippen MR) is 65.0 cm³/mol. The van der Waals surface area contributed by atoms with E-state index in [0.717, 1.165) is 25.7 Å². The number of rotatable bonds is 3. The number of alkyl halides is 1. The molecule has 1 N–H and O–H groups in total. The van der Waals surface area contributed by atoms with Gasteiger partial charge in [-0.1, -0.05) is 13.3 Å². The normalized spacial score (nSPS) is 35.4. The van der Waals surface area contributed by atoms with Gasteiger partial charge in [-0.3, -0.25) is 4.90 Å². The summed E-state index contributed by atoms with van der Waals surface area (Å²) in [6.45, 7) is 2.42. The molecule has 0 aliphatic carbocycles. The molecule has 0 aromatic rings. The Hall–Kier alpha value is -0.840. The molecule has 1 amide bonds. The predicted octanol–water partition coefficient (Wildman–Crippen LogP) is 2.25. The molecule has 2 aliphatic heterocycles. The molecular weight excluding hydrogens is 237 g/mol. The number of aliphatic hydroxyl groups is 1. The van der Waals surface area contributed by atoms with E-state index in [0.29, 0.717) is 19.4 Å². The highest BCUT2D eigenvalue weighted by molar-refractivity contribution is 5.69. The Labute approximate surface area is 107 Å². The van der Waals surface area contributed by atoms with Crippen LogP contribution in [0.25, 0.3) is 0 Å². The van der Waals surface area contributed by atoms with Gasteiger partial charge in [0.05, 0.1) is 18.8 Å². The average Bonchev–Trinajstić information content (AvgIpc) is 2.36. The molecular formula is C13H22FNO3. The maximum atomic E-state index is 13.9. The summed E-state index contributed by atoms with van der Waals surface area (Å²) in [6, 6.07) is -0.554. The number of piperidine rings is 2. The summed E-state index contributed by atoms with van der Waals surface area (Å²) >= 11 is 0. The molecule has 2 fully saturated rings. The zero-order chi connectivity index (χ0) is 13.1. The van der Waals surface area contributed by atoms with Crippen molar-refractivity contribution in [1.29, 1.82) is 0 Å². The fourth-order valence-electron chi connectivity index (χ4n) is 2.98. The van der Waals surface area contributed by atoms with Gasteiger partial charge in [-0.15, -0.1) is 0 Å². The van der Waals surface area contributed by atoms with Crippen LogP contribution in [0.3, 0.4) is 0 Å². The van der Waals surface area contributed by atoms with Crippen LogP contribution in [0.15, 0.2) is 0 Å². The molecule has 2 aliphatic rings. The van der Waals surface area contributed by atoms with E-state index in [1.54, 1.807) is 0 Å². The molecule has 0 aromatic carbocycles. The second-order valence-corrected chi connectivity index (χ2v) is 5.27. The van der Waals surface area contributed by atoms with Crippen LogP contribution in [0.5, 0.6) is 0 Å². The third kappa shape index (κ3) is 2.60. The Kier molecular flexibility index (Phi) is 4.43. The van der Waals surface area contributed by atoms with Crippen LogP contribution in [-0.4, -0.2) is 47.1 Å². The minimum Gasteiger partial charge on any atom is -0.449 e. The van der Waals surface area contributed by atoms with Crippen molar-refractivity contribution in [3.05, 3.63) is 0 Å². The van der Waals surface area contributed by atoms with E-state index in [-0.39, 0.29) is 6.04 Å². The van der Waals surface area contributed by atoms with Crippen LogP contribution >= 0.6 is 0 Å². The van der Waals surface area contributed by atoms with Crippen molar-refractivity contribution in [1.82, 2.24) is 4.90 Å². The summed E-state index contributed by atoms with van der Waals surface area (Å²) in [4.78, 5) is 13.5. The van der Waals surface area contributed by atoms with Crippen LogP contribution in [0.1, 0.15) is 45.4 Å². The lowest BCUT2D eigenvalue weighted by Gasteiger charge is -2.48. The maximum Gasteiger partial charge on any atom is 0.410 e. The lowest BCUT2D eigenvalue weighted by molar-refractivity contribution is -0.0762. The molecule has 0 aromatic heterocycles.